The summed E-state index contributed by atoms with van der Waals surface area (Å²) in [6.07, 6.45) is 14.4. The summed E-state index contributed by atoms with van der Waals surface area (Å²) >= 11 is 0. The second-order valence-electron chi connectivity index (χ2n) is 12.2. The van der Waals surface area contributed by atoms with Crippen molar-refractivity contribution in [1.29, 1.82) is 0 Å². The van der Waals surface area contributed by atoms with Gasteiger partial charge in [0.05, 0.1) is 5.70 Å². The number of hydrogen-bond donors (Lipinski definition) is 0. The van der Waals surface area contributed by atoms with Crippen LogP contribution in [0.5, 0.6) is 0 Å². The SMILES string of the molecule is CCC/C=C1/N(CC2CCCCC2)C(=O)OC12CCN(C1CCN(C(=O)c3c(C)cccc3C)CC1)CC2. The van der Waals surface area contributed by atoms with E-state index in [-0.39, 0.29) is 12.0 Å². The van der Waals surface area contributed by atoms with Crippen molar-refractivity contribution in [2.24, 2.45) is 5.92 Å². The van der Waals surface area contributed by atoms with Crippen LogP contribution in [0.3, 0.4) is 0 Å². The van der Waals surface area contributed by atoms with Crippen LogP contribution < -0.4 is 0 Å². The molecule has 208 valence electrons. The Morgan fingerprint density at radius 1 is 1.00 bits per heavy atom. The van der Waals surface area contributed by atoms with Crippen LogP contribution in [0.4, 0.5) is 4.79 Å². The fraction of sp³-hybridized carbons (Fsp3) is 0.688. The summed E-state index contributed by atoms with van der Waals surface area (Å²) in [5.74, 6) is 0.784. The maximum absolute atomic E-state index is 13.3. The molecule has 0 bridgehead atoms. The number of likely N-dealkylation sites (tertiary alicyclic amines) is 2. The second kappa shape index (κ2) is 11.8. The first kappa shape index (κ1) is 27.2. The molecule has 1 spiro atoms. The zero-order valence-corrected chi connectivity index (χ0v) is 23.8. The molecule has 3 heterocycles. The molecule has 6 nitrogen and oxygen atoms in total. The predicted molar refractivity (Wildman–Crippen MR) is 151 cm³/mol. The summed E-state index contributed by atoms with van der Waals surface area (Å²) in [7, 11) is 0. The van der Waals surface area contributed by atoms with Gasteiger partial charge in [0.2, 0.25) is 0 Å². The van der Waals surface area contributed by atoms with Crippen LogP contribution >= 0.6 is 0 Å². The lowest BCUT2D eigenvalue weighted by molar-refractivity contribution is -0.00576. The standard InChI is InChI=1S/C32H47N3O3/c1-4-5-14-28-32(38-31(37)35(28)23-26-12-7-6-8-13-26)17-21-33(22-18-32)27-15-19-34(20-16-27)30(36)29-24(2)10-9-11-25(29)3/h9-11,14,26-27H,4-8,12-13,15-23H2,1-3H3/b28-14+. The van der Waals surface area contributed by atoms with E-state index in [0.29, 0.717) is 12.0 Å². The van der Waals surface area contributed by atoms with Crippen LogP contribution in [0.1, 0.15) is 99.0 Å². The van der Waals surface area contributed by atoms with E-state index in [4.69, 9.17) is 4.74 Å². The average Bonchev–Trinajstić information content (AvgIpc) is 3.17. The Kier molecular flexibility index (Phi) is 8.47. The summed E-state index contributed by atoms with van der Waals surface area (Å²) in [4.78, 5) is 33.1. The van der Waals surface area contributed by atoms with Crippen molar-refractivity contribution < 1.29 is 14.3 Å². The van der Waals surface area contributed by atoms with Gasteiger partial charge in [-0.05, 0) is 63.0 Å². The number of benzene rings is 1. The van der Waals surface area contributed by atoms with Crippen molar-refractivity contribution in [1.82, 2.24) is 14.7 Å². The van der Waals surface area contributed by atoms with Crippen LogP contribution in [0, 0.1) is 19.8 Å². The number of aryl methyl sites for hydroxylation is 2. The normalized spacial score (nSPS) is 24.4. The first-order valence-electron chi connectivity index (χ1n) is 15.2. The van der Waals surface area contributed by atoms with Crippen molar-refractivity contribution in [2.75, 3.05) is 32.7 Å². The summed E-state index contributed by atoms with van der Waals surface area (Å²) in [6, 6.07) is 6.58. The number of carbonyl (C=O) groups excluding carboxylic acids is 2. The lowest BCUT2D eigenvalue weighted by Gasteiger charge is -2.44. The highest BCUT2D eigenvalue weighted by molar-refractivity contribution is 5.97. The molecular formula is C32H47N3O3. The Labute approximate surface area is 229 Å². The van der Waals surface area contributed by atoms with Crippen LogP contribution in [0.15, 0.2) is 30.0 Å². The number of allylic oxidation sites excluding steroid dienone is 1. The van der Waals surface area contributed by atoms with Crippen LogP contribution in [0.25, 0.3) is 0 Å². The number of rotatable bonds is 6. The molecule has 0 unspecified atom stereocenters. The summed E-state index contributed by atoms with van der Waals surface area (Å²) in [6.45, 7) is 10.6. The third kappa shape index (κ3) is 5.52. The molecule has 2 amide bonds. The quantitative estimate of drug-likeness (QED) is 0.431. The van der Waals surface area contributed by atoms with E-state index in [1.54, 1.807) is 0 Å². The summed E-state index contributed by atoms with van der Waals surface area (Å²) < 4.78 is 6.25. The van der Waals surface area contributed by atoms with Crippen molar-refractivity contribution >= 4 is 12.0 Å². The van der Waals surface area contributed by atoms with Crippen LogP contribution in [-0.4, -0.2) is 71.1 Å². The third-order valence-electron chi connectivity index (χ3n) is 9.62. The number of unbranched alkanes of at least 4 members (excludes halogenated alkanes) is 1. The van der Waals surface area contributed by atoms with Gasteiger partial charge in [0.25, 0.3) is 5.91 Å². The Hall–Kier alpha value is -2.34. The molecule has 0 radical (unpaired) electrons. The first-order chi connectivity index (χ1) is 18.4. The Balaban J connectivity index is 1.19. The fourth-order valence-corrected chi connectivity index (χ4v) is 7.35. The maximum atomic E-state index is 13.3. The Bertz CT molecular complexity index is 1010. The number of ether oxygens (including phenoxy) is 1. The fourth-order valence-electron chi connectivity index (χ4n) is 7.35. The zero-order chi connectivity index (χ0) is 26.7. The van der Waals surface area contributed by atoms with Gasteiger partial charge in [0.1, 0.15) is 0 Å². The molecular weight excluding hydrogens is 474 g/mol. The minimum Gasteiger partial charge on any atom is -0.436 e. The topological polar surface area (TPSA) is 53.1 Å². The van der Waals surface area contributed by atoms with Gasteiger partial charge < -0.3 is 9.64 Å². The highest BCUT2D eigenvalue weighted by Gasteiger charge is 2.52. The van der Waals surface area contributed by atoms with E-state index >= 15 is 0 Å². The monoisotopic (exact) mass is 521 g/mol. The second-order valence-corrected chi connectivity index (χ2v) is 12.2. The smallest absolute Gasteiger partial charge is 0.415 e. The van der Waals surface area contributed by atoms with E-state index in [0.717, 1.165) is 93.6 Å². The number of piperidine rings is 2. The van der Waals surface area contributed by atoms with E-state index in [2.05, 4.69) is 17.9 Å². The molecule has 1 aromatic rings. The Morgan fingerprint density at radius 2 is 1.66 bits per heavy atom. The highest BCUT2D eigenvalue weighted by Crippen LogP contribution is 2.43. The molecule has 5 rings (SSSR count). The van der Waals surface area contributed by atoms with E-state index in [1.807, 2.05) is 41.8 Å². The number of hydrogen-bond acceptors (Lipinski definition) is 4. The van der Waals surface area contributed by atoms with Crippen LogP contribution in [0.2, 0.25) is 0 Å². The molecule has 0 N–H and O–H groups in total. The van der Waals surface area contributed by atoms with Crippen molar-refractivity contribution in [3.8, 4) is 0 Å². The largest absolute Gasteiger partial charge is 0.436 e. The van der Waals surface area contributed by atoms with E-state index < -0.39 is 5.60 Å². The number of carbonyl (C=O) groups is 2. The molecule has 6 heteroatoms. The Morgan fingerprint density at radius 3 is 2.29 bits per heavy atom. The number of amides is 2. The average molecular weight is 522 g/mol. The van der Waals surface area contributed by atoms with Gasteiger partial charge in [-0.1, -0.05) is 56.9 Å². The zero-order valence-electron chi connectivity index (χ0n) is 23.8. The van der Waals surface area contributed by atoms with E-state index in [9.17, 15) is 9.59 Å². The molecule has 38 heavy (non-hydrogen) atoms. The van der Waals surface area contributed by atoms with Gasteiger partial charge in [-0.3, -0.25) is 14.6 Å². The molecule has 3 saturated heterocycles. The maximum Gasteiger partial charge on any atom is 0.415 e. The van der Waals surface area contributed by atoms with E-state index in [1.165, 1.54) is 32.1 Å². The molecule has 0 atom stereocenters. The van der Waals surface area contributed by atoms with Crippen LogP contribution in [-0.2, 0) is 4.74 Å². The van der Waals surface area contributed by atoms with Gasteiger partial charge >= 0.3 is 6.09 Å². The van der Waals surface area contributed by atoms with Crippen molar-refractivity contribution in [3.63, 3.8) is 0 Å². The molecule has 3 aliphatic heterocycles. The molecule has 4 fully saturated rings. The van der Waals surface area contributed by atoms with Gasteiger partial charge in [0.15, 0.2) is 5.60 Å². The predicted octanol–water partition coefficient (Wildman–Crippen LogP) is 6.46. The molecule has 1 saturated carbocycles. The summed E-state index contributed by atoms with van der Waals surface area (Å²) in [5.41, 5.74) is 3.71. The minimum atomic E-state index is -0.448. The van der Waals surface area contributed by atoms with Gasteiger partial charge in [-0.15, -0.1) is 0 Å². The van der Waals surface area contributed by atoms with Crippen molar-refractivity contribution in [3.05, 3.63) is 46.7 Å². The lowest BCUT2D eigenvalue weighted by Crippen LogP contribution is -2.52. The van der Waals surface area contributed by atoms with Crippen molar-refractivity contribution in [2.45, 2.75) is 103 Å². The van der Waals surface area contributed by atoms with Gasteiger partial charge in [-0.25, -0.2) is 4.79 Å². The molecule has 4 aliphatic rings. The molecule has 0 aromatic heterocycles. The molecule has 1 aliphatic carbocycles. The molecule has 1 aromatic carbocycles. The highest BCUT2D eigenvalue weighted by atomic mass is 16.6. The number of nitrogens with zero attached hydrogens (tertiary/aromatic N) is 3. The first-order valence-corrected chi connectivity index (χ1v) is 15.2. The third-order valence-corrected chi connectivity index (χ3v) is 9.62. The summed E-state index contributed by atoms with van der Waals surface area (Å²) in [5, 5.41) is 0. The minimum absolute atomic E-state index is 0.121. The lowest BCUT2D eigenvalue weighted by atomic mass is 9.84. The van der Waals surface area contributed by atoms with Gasteiger partial charge in [0, 0.05) is 57.2 Å². The van der Waals surface area contributed by atoms with Gasteiger partial charge in [-0.2, -0.15) is 0 Å².